The maximum Gasteiger partial charge on any atom is 0.115 e. The van der Waals surface area contributed by atoms with Gasteiger partial charge in [0.2, 0.25) is 0 Å². The minimum atomic E-state index is 0. The number of hydrogen-bond donors (Lipinski definition) is 2. The van der Waals surface area contributed by atoms with Crippen LogP contribution in [-0.4, -0.2) is 5.11 Å². The van der Waals surface area contributed by atoms with Crippen LogP contribution in [0.4, 0.5) is 0 Å². The van der Waals surface area contributed by atoms with Gasteiger partial charge in [0, 0.05) is 5.25 Å². The lowest BCUT2D eigenvalue weighted by Gasteiger charge is -2.14. The molecule has 1 aromatic carbocycles. The van der Waals surface area contributed by atoms with Crippen LogP contribution < -0.4 is 0 Å². The molecule has 1 aromatic rings. The Balaban J connectivity index is 0.00000400. The summed E-state index contributed by atoms with van der Waals surface area (Å²) in [4.78, 5) is 0. The Morgan fingerprint density at radius 1 is 1.00 bits per heavy atom. The normalized spacial score (nSPS) is 12.0. The molecule has 0 radical (unpaired) electrons. The summed E-state index contributed by atoms with van der Waals surface area (Å²) in [7, 11) is 0. The van der Waals surface area contributed by atoms with Gasteiger partial charge in [-0.05, 0) is 36.6 Å². The van der Waals surface area contributed by atoms with Gasteiger partial charge in [0.1, 0.15) is 5.75 Å². The molecule has 0 saturated heterocycles. The summed E-state index contributed by atoms with van der Waals surface area (Å²) in [5.41, 5.74) is 2.40. The summed E-state index contributed by atoms with van der Waals surface area (Å²) in [5.74, 6) is 0.346. The van der Waals surface area contributed by atoms with E-state index in [0.717, 1.165) is 12.0 Å². The van der Waals surface area contributed by atoms with E-state index in [-0.39, 0.29) is 17.0 Å². The molecule has 0 aliphatic carbocycles. The fourth-order valence-electron chi connectivity index (χ4n) is 2.66. The molecule has 0 heterocycles. The van der Waals surface area contributed by atoms with Crippen molar-refractivity contribution in [2.24, 2.45) is 0 Å². The molecule has 0 aliphatic rings. The van der Waals surface area contributed by atoms with E-state index in [0.29, 0.717) is 11.0 Å². The Kier molecular flexibility index (Phi) is 12.3. The number of rotatable bonds is 10. The highest BCUT2D eigenvalue weighted by Crippen LogP contribution is 2.30. The smallest absolute Gasteiger partial charge is 0.115 e. The first-order chi connectivity index (χ1) is 9.65. The predicted molar refractivity (Wildman–Crippen MR) is 102 cm³/mol. The van der Waals surface area contributed by atoms with Crippen LogP contribution >= 0.6 is 29.6 Å². The maximum absolute atomic E-state index is 9.43. The molecule has 1 atom stereocenters. The van der Waals surface area contributed by atoms with Crippen molar-refractivity contribution in [1.82, 2.24) is 0 Å². The first kappa shape index (κ1) is 20.9. The number of phenols is 1. The molecule has 1 N–H and O–H groups in total. The minimum Gasteiger partial charge on any atom is -0.508 e. The van der Waals surface area contributed by atoms with Crippen molar-refractivity contribution in [3.63, 3.8) is 0 Å². The van der Waals surface area contributed by atoms with Crippen LogP contribution in [0, 0.1) is 6.92 Å². The standard InChI is InChI=1S/C18H30OS.BrH/c1-3-4-5-6-7-8-9-10-11-18(20)17-13-12-16(19)14-15(17)2;/h12-14,18-20H,3-11H2,1-2H3;1H. The fourth-order valence-corrected chi connectivity index (χ4v) is 3.13. The van der Waals surface area contributed by atoms with Gasteiger partial charge in [-0.3, -0.25) is 0 Å². The van der Waals surface area contributed by atoms with Gasteiger partial charge in [0.15, 0.2) is 0 Å². The minimum absolute atomic E-state index is 0. The number of aromatic hydroxyl groups is 1. The first-order valence-electron chi connectivity index (χ1n) is 8.12. The van der Waals surface area contributed by atoms with Crippen molar-refractivity contribution >= 4 is 29.6 Å². The van der Waals surface area contributed by atoms with Crippen molar-refractivity contribution < 1.29 is 5.11 Å². The van der Waals surface area contributed by atoms with Gasteiger partial charge in [-0.25, -0.2) is 0 Å². The zero-order valence-corrected chi connectivity index (χ0v) is 16.1. The molecule has 0 aliphatic heterocycles. The average molecular weight is 375 g/mol. The summed E-state index contributed by atoms with van der Waals surface area (Å²) in [6.45, 7) is 4.31. The van der Waals surface area contributed by atoms with E-state index in [1.165, 1.54) is 56.9 Å². The molecule has 0 saturated carbocycles. The molecule has 0 spiro atoms. The van der Waals surface area contributed by atoms with E-state index in [9.17, 15) is 5.11 Å². The maximum atomic E-state index is 9.43. The van der Waals surface area contributed by atoms with E-state index in [1.54, 1.807) is 6.07 Å². The van der Waals surface area contributed by atoms with Crippen LogP contribution in [0.2, 0.25) is 0 Å². The molecule has 1 nitrogen and oxygen atoms in total. The molecule has 122 valence electrons. The van der Waals surface area contributed by atoms with Crippen LogP contribution in [0.5, 0.6) is 5.75 Å². The number of phenolic OH excluding ortho intramolecular Hbond substituents is 1. The highest BCUT2D eigenvalue weighted by atomic mass is 79.9. The van der Waals surface area contributed by atoms with Crippen LogP contribution in [0.25, 0.3) is 0 Å². The van der Waals surface area contributed by atoms with Crippen LogP contribution in [0.3, 0.4) is 0 Å². The Morgan fingerprint density at radius 3 is 2.14 bits per heavy atom. The molecule has 0 bridgehead atoms. The quantitative estimate of drug-likeness (QED) is 0.341. The predicted octanol–water partition coefficient (Wildman–Crippen LogP) is 6.78. The zero-order valence-electron chi connectivity index (χ0n) is 13.5. The van der Waals surface area contributed by atoms with Crippen LogP contribution in [-0.2, 0) is 0 Å². The van der Waals surface area contributed by atoms with Gasteiger partial charge in [-0.1, -0.05) is 64.4 Å². The Labute approximate surface area is 146 Å². The van der Waals surface area contributed by atoms with Crippen molar-refractivity contribution in [1.29, 1.82) is 0 Å². The number of unbranched alkanes of at least 4 members (excludes halogenated alkanes) is 7. The molecule has 1 rings (SSSR count). The van der Waals surface area contributed by atoms with E-state index >= 15 is 0 Å². The third kappa shape index (κ3) is 8.77. The second-order valence-corrected chi connectivity index (χ2v) is 6.44. The Bertz CT molecular complexity index is 381. The molecular weight excluding hydrogens is 344 g/mol. The van der Waals surface area contributed by atoms with Crippen molar-refractivity contribution in [3.05, 3.63) is 29.3 Å². The molecular formula is C18H31BrOS. The molecule has 21 heavy (non-hydrogen) atoms. The first-order valence-corrected chi connectivity index (χ1v) is 8.64. The average Bonchev–Trinajstić information content (AvgIpc) is 2.41. The highest BCUT2D eigenvalue weighted by Gasteiger charge is 2.09. The highest BCUT2D eigenvalue weighted by molar-refractivity contribution is 8.93. The van der Waals surface area contributed by atoms with Crippen molar-refractivity contribution in [3.8, 4) is 5.75 Å². The van der Waals surface area contributed by atoms with Crippen molar-refractivity contribution in [2.75, 3.05) is 0 Å². The van der Waals surface area contributed by atoms with Crippen LogP contribution in [0.1, 0.15) is 81.1 Å². The van der Waals surface area contributed by atoms with Gasteiger partial charge >= 0.3 is 0 Å². The van der Waals surface area contributed by atoms with E-state index in [4.69, 9.17) is 12.6 Å². The lowest BCUT2D eigenvalue weighted by atomic mass is 10.00. The van der Waals surface area contributed by atoms with E-state index in [2.05, 4.69) is 6.92 Å². The van der Waals surface area contributed by atoms with Gasteiger partial charge in [0.05, 0.1) is 0 Å². The topological polar surface area (TPSA) is 20.2 Å². The lowest BCUT2D eigenvalue weighted by molar-refractivity contribution is 0.474. The summed E-state index contributed by atoms with van der Waals surface area (Å²) in [6.07, 6.45) is 12.0. The summed E-state index contributed by atoms with van der Waals surface area (Å²) in [5, 5.41) is 9.73. The number of aryl methyl sites for hydroxylation is 1. The molecule has 0 aromatic heterocycles. The van der Waals surface area contributed by atoms with Gasteiger partial charge in [-0.2, -0.15) is 12.6 Å². The largest absolute Gasteiger partial charge is 0.508 e. The SMILES string of the molecule is Br.CCCCCCCCCCC(S)c1ccc(O)cc1C. The monoisotopic (exact) mass is 374 g/mol. The van der Waals surface area contributed by atoms with Crippen molar-refractivity contribution in [2.45, 2.75) is 76.9 Å². The number of halogens is 1. The third-order valence-corrected chi connectivity index (χ3v) is 4.48. The van der Waals surface area contributed by atoms with Gasteiger partial charge in [-0.15, -0.1) is 17.0 Å². The number of benzene rings is 1. The third-order valence-electron chi connectivity index (χ3n) is 3.94. The second-order valence-electron chi connectivity index (χ2n) is 5.82. The lowest BCUT2D eigenvalue weighted by Crippen LogP contribution is -1.94. The van der Waals surface area contributed by atoms with Gasteiger partial charge < -0.3 is 5.11 Å². The van der Waals surface area contributed by atoms with E-state index < -0.39 is 0 Å². The van der Waals surface area contributed by atoms with Gasteiger partial charge in [0.25, 0.3) is 0 Å². The summed E-state index contributed by atoms with van der Waals surface area (Å²) >= 11 is 4.71. The summed E-state index contributed by atoms with van der Waals surface area (Å²) < 4.78 is 0. The second kappa shape index (κ2) is 12.4. The molecule has 1 unspecified atom stereocenters. The summed E-state index contributed by atoms with van der Waals surface area (Å²) in [6, 6.07) is 5.60. The zero-order chi connectivity index (χ0) is 14.8. The fraction of sp³-hybridized carbons (Fsp3) is 0.667. The molecule has 0 amide bonds. The Morgan fingerprint density at radius 2 is 1.57 bits per heavy atom. The number of hydrogen-bond acceptors (Lipinski definition) is 2. The Hall–Kier alpha value is -0.150. The molecule has 0 fully saturated rings. The molecule has 3 heteroatoms. The number of thiol groups is 1. The van der Waals surface area contributed by atoms with Crippen LogP contribution in [0.15, 0.2) is 18.2 Å². The van der Waals surface area contributed by atoms with E-state index in [1.807, 2.05) is 19.1 Å².